The highest BCUT2D eigenvalue weighted by Crippen LogP contribution is 2.12. The van der Waals surface area contributed by atoms with E-state index in [1.165, 1.54) is 4.88 Å². The normalized spacial score (nSPS) is 16.0. The summed E-state index contributed by atoms with van der Waals surface area (Å²) < 4.78 is 0. The Bertz CT molecular complexity index is 374. The topological polar surface area (TPSA) is 35.6 Å². The Hall–Kier alpha value is -0.910. The lowest BCUT2D eigenvalue weighted by atomic mass is 10.3. The zero-order chi connectivity index (χ0) is 13.5. The van der Waals surface area contributed by atoms with Gasteiger partial charge < -0.3 is 10.2 Å². The van der Waals surface area contributed by atoms with Gasteiger partial charge in [-0.25, -0.2) is 0 Å². The van der Waals surface area contributed by atoms with Crippen molar-refractivity contribution >= 4 is 17.2 Å². The second kappa shape index (κ2) is 7.62. The van der Waals surface area contributed by atoms with E-state index in [-0.39, 0.29) is 0 Å². The molecule has 0 saturated carbocycles. The Morgan fingerprint density at radius 2 is 2.26 bits per heavy atom. The number of thiophene rings is 1. The predicted octanol–water partition coefficient (Wildman–Crippen LogP) is 1.39. The molecule has 5 heteroatoms. The molecule has 1 amide bonds. The molecule has 0 unspecified atom stereocenters. The van der Waals surface area contributed by atoms with Crippen molar-refractivity contribution in [2.75, 3.05) is 39.3 Å². The fourth-order valence-electron chi connectivity index (χ4n) is 2.30. The molecule has 0 bridgehead atoms. The van der Waals surface area contributed by atoms with Crippen LogP contribution in [0, 0.1) is 0 Å². The quantitative estimate of drug-likeness (QED) is 0.856. The Balaban J connectivity index is 1.74. The van der Waals surface area contributed by atoms with Gasteiger partial charge in [0.25, 0.3) is 0 Å². The van der Waals surface area contributed by atoms with Crippen LogP contribution in [0.5, 0.6) is 0 Å². The molecule has 1 saturated heterocycles. The minimum absolute atomic E-state index is 0.297. The van der Waals surface area contributed by atoms with Gasteiger partial charge in [0.2, 0.25) is 5.91 Å². The van der Waals surface area contributed by atoms with E-state index in [9.17, 15) is 4.79 Å². The number of carbonyl (C=O) groups is 1. The van der Waals surface area contributed by atoms with Crippen LogP contribution in [0.3, 0.4) is 0 Å². The summed E-state index contributed by atoms with van der Waals surface area (Å²) in [5.41, 5.74) is 0. The first-order valence-corrected chi connectivity index (χ1v) is 7.91. The van der Waals surface area contributed by atoms with Gasteiger partial charge in [-0.3, -0.25) is 9.69 Å². The number of rotatable bonds is 6. The van der Waals surface area contributed by atoms with Crippen LogP contribution in [0.4, 0.5) is 0 Å². The van der Waals surface area contributed by atoms with E-state index in [4.69, 9.17) is 0 Å². The number of carbonyl (C=O) groups excluding carboxylic acids is 1. The van der Waals surface area contributed by atoms with E-state index >= 15 is 0 Å². The van der Waals surface area contributed by atoms with Gasteiger partial charge >= 0.3 is 0 Å². The van der Waals surface area contributed by atoms with Crippen molar-refractivity contribution in [2.24, 2.45) is 0 Å². The molecule has 0 atom stereocenters. The summed E-state index contributed by atoms with van der Waals surface area (Å²) in [6.45, 7) is 8.54. The first-order chi connectivity index (χ1) is 9.29. The van der Waals surface area contributed by atoms with Crippen LogP contribution in [0.1, 0.15) is 18.2 Å². The molecule has 19 heavy (non-hydrogen) atoms. The van der Waals surface area contributed by atoms with Crippen molar-refractivity contribution < 1.29 is 4.79 Å². The highest BCUT2D eigenvalue weighted by atomic mass is 32.1. The van der Waals surface area contributed by atoms with Crippen LogP contribution in [0.2, 0.25) is 0 Å². The lowest BCUT2D eigenvalue weighted by Crippen LogP contribution is -2.47. The maximum atomic E-state index is 12.1. The van der Waals surface area contributed by atoms with E-state index in [0.29, 0.717) is 12.3 Å². The highest BCUT2D eigenvalue weighted by Gasteiger charge is 2.16. The van der Waals surface area contributed by atoms with Crippen molar-refractivity contribution in [1.82, 2.24) is 15.1 Å². The lowest BCUT2D eigenvalue weighted by Gasteiger charge is -2.28. The molecule has 1 fully saturated rings. The van der Waals surface area contributed by atoms with Crippen molar-refractivity contribution in [2.45, 2.75) is 19.9 Å². The minimum Gasteiger partial charge on any atom is -0.340 e. The van der Waals surface area contributed by atoms with E-state index in [1.807, 2.05) is 4.90 Å². The van der Waals surface area contributed by atoms with Crippen LogP contribution < -0.4 is 5.32 Å². The van der Waals surface area contributed by atoms with Crippen molar-refractivity contribution in [1.29, 1.82) is 0 Å². The van der Waals surface area contributed by atoms with Gasteiger partial charge in [-0.15, -0.1) is 11.3 Å². The summed E-state index contributed by atoms with van der Waals surface area (Å²) in [5.74, 6) is 0.297. The van der Waals surface area contributed by atoms with Gasteiger partial charge in [-0.2, -0.15) is 0 Å². The highest BCUT2D eigenvalue weighted by molar-refractivity contribution is 7.09. The second-order valence-corrected chi connectivity index (χ2v) is 5.86. The first-order valence-electron chi connectivity index (χ1n) is 7.03. The summed E-state index contributed by atoms with van der Waals surface area (Å²) >= 11 is 1.78. The van der Waals surface area contributed by atoms with E-state index in [0.717, 1.165) is 45.8 Å². The van der Waals surface area contributed by atoms with Crippen LogP contribution in [0.25, 0.3) is 0 Å². The SMILES string of the molecule is CCN(CCC(=O)N1CCNCC1)Cc1cccs1. The number of nitrogens with zero attached hydrogens (tertiary/aromatic N) is 2. The molecule has 106 valence electrons. The molecule has 0 spiro atoms. The van der Waals surface area contributed by atoms with E-state index < -0.39 is 0 Å². The predicted molar refractivity (Wildman–Crippen MR) is 79.3 cm³/mol. The number of hydrogen-bond donors (Lipinski definition) is 1. The van der Waals surface area contributed by atoms with Gasteiger partial charge in [0, 0.05) is 50.6 Å². The molecule has 1 aromatic heterocycles. The van der Waals surface area contributed by atoms with E-state index in [2.05, 4.69) is 34.7 Å². The molecule has 1 aliphatic heterocycles. The first kappa shape index (κ1) is 14.5. The summed E-state index contributed by atoms with van der Waals surface area (Å²) in [4.78, 5) is 17.8. The Labute approximate surface area is 119 Å². The summed E-state index contributed by atoms with van der Waals surface area (Å²) in [7, 11) is 0. The zero-order valence-corrected chi connectivity index (χ0v) is 12.4. The lowest BCUT2D eigenvalue weighted by molar-refractivity contribution is -0.132. The fraction of sp³-hybridized carbons (Fsp3) is 0.643. The van der Waals surface area contributed by atoms with E-state index in [1.54, 1.807) is 11.3 Å². The Morgan fingerprint density at radius 1 is 1.47 bits per heavy atom. The molecule has 1 aliphatic rings. The molecule has 4 nitrogen and oxygen atoms in total. The molecule has 1 N–H and O–H groups in total. The fourth-order valence-corrected chi connectivity index (χ4v) is 3.04. The molecule has 0 aromatic carbocycles. The summed E-state index contributed by atoms with van der Waals surface area (Å²) in [6, 6.07) is 4.24. The number of hydrogen-bond acceptors (Lipinski definition) is 4. The molecule has 2 heterocycles. The van der Waals surface area contributed by atoms with Crippen molar-refractivity contribution in [3.8, 4) is 0 Å². The van der Waals surface area contributed by atoms with Crippen molar-refractivity contribution in [3.05, 3.63) is 22.4 Å². The van der Waals surface area contributed by atoms with Crippen LogP contribution in [-0.4, -0.2) is 55.0 Å². The number of nitrogens with one attached hydrogen (secondary N) is 1. The average Bonchev–Trinajstić information content (AvgIpc) is 2.97. The van der Waals surface area contributed by atoms with Gasteiger partial charge in [-0.1, -0.05) is 13.0 Å². The average molecular weight is 281 g/mol. The van der Waals surface area contributed by atoms with Crippen LogP contribution in [-0.2, 0) is 11.3 Å². The van der Waals surface area contributed by atoms with Crippen molar-refractivity contribution in [3.63, 3.8) is 0 Å². The number of amides is 1. The van der Waals surface area contributed by atoms with Gasteiger partial charge in [-0.05, 0) is 18.0 Å². The maximum Gasteiger partial charge on any atom is 0.223 e. The Morgan fingerprint density at radius 3 is 2.89 bits per heavy atom. The zero-order valence-electron chi connectivity index (χ0n) is 11.6. The molecule has 0 aliphatic carbocycles. The molecule has 2 rings (SSSR count). The third kappa shape index (κ3) is 4.60. The standard InChI is InChI=1S/C14H23N3OS/c1-2-16(12-13-4-3-11-19-13)8-5-14(18)17-9-6-15-7-10-17/h3-4,11,15H,2,5-10,12H2,1H3. The largest absolute Gasteiger partial charge is 0.340 e. The number of piperazine rings is 1. The van der Waals surface area contributed by atoms with Gasteiger partial charge in [0.05, 0.1) is 0 Å². The van der Waals surface area contributed by atoms with Crippen LogP contribution >= 0.6 is 11.3 Å². The smallest absolute Gasteiger partial charge is 0.223 e. The summed E-state index contributed by atoms with van der Waals surface area (Å²) in [6.07, 6.45) is 0.638. The second-order valence-electron chi connectivity index (χ2n) is 4.83. The molecule has 1 aromatic rings. The third-order valence-corrected chi connectivity index (χ3v) is 4.38. The van der Waals surface area contributed by atoms with Gasteiger partial charge in [0.1, 0.15) is 0 Å². The molecule has 0 radical (unpaired) electrons. The molecular weight excluding hydrogens is 258 g/mol. The third-order valence-electron chi connectivity index (χ3n) is 3.52. The summed E-state index contributed by atoms with van der Waals surface area (Å²) in [5, 5.41) is 5.38. The van der Waals surface area contributed by atoms with Gasteiger partial charge in [0.15, 0.2) is 0 Å². The monoisotopic (exact) mass is 281 g/mol. The Kier molecular flexibility index (Phi) is 5.82. The minimum atomic E-state index is 0.297. The van der Waals surface area contributed by atoms with Crippen LogP contribution in [0.15, 0.2) is 17.5 Å². The molecular formula is C14H23N3OS. The maximum absolute atomic E-state index is 12.1.